The minimum atomic E-state index is -0.0487. The molecule has 1 unspecified atom stereocenters. The lowest BCUT2D eigenvalue weighted by Crippen LogP contribution is -2.10. The van der Waals surface area contributed by atoms with E-state index >= 15 is 0 Å². The van der Waals surface area contributed by atoms with Gasteiger partial charge in [-0.05, 0) is 32.0 Å². The maximum atomic E-state index is 6.13. The first kappa shape index (κ1) is 9.49. The first-order valence-electron chi connectivity index (χ1n) is 4.54. The zero-order chi connectivity index (χ0) is 10.1. The smallest absolute Gasteiger partial charge is 0.105 e. The third-order valence-corrected chi connectivity index (χ3v) is 3.39. The van der Waals surface area contributed by atoms with E-state index in [0.717, 1.165) is 11.3 Å². The van der Waals surface area contributed by atoms with Gasteiger partial charge in [-0.2, -0.15) is 0 Å². The van der Waals surface area contributed by atoms with Crippen LogP contribution in [-0.2, 0) is 0 Å². The molecular formula is C11H13NOS. The van der Waals surface area contributed by atoms with Crippen LogP contribution in [0.2, 0.25) is 0 Å². The first-order valence-corrected chi connectivity index (χ1v) is 5.36. The summed E-state index contributed by atoms with van der Waals surface area (Å²) in [5, 5.41) is 0. The highest BCUT2D eigenvalue weighted by atomic mass is 32.1. The van der Waals surface area contributed by atoms with E-state index in [1.165, 1.54) is 9.75 Å². The van der Waals surface area contributed by atoms with Gasteiger partial charge in [-0.25, -0.2) is 0 Å². The van der Waals surface area contributed by atoms with Gasteiger partial charge in [0.05, 0.1) is 12.3 Å². The summed E-state index contributed by atoms with van der Waals surface area (Å²) < 4.78 is 5.24. The average molecular weight is 207 g/mol. The number of rotatable bonds is 2. The SMILES string of the molecule is Cc1ccc(C(N)c2ccoc2C)s1. The van der Waals surface area contributed by atoms with Crippen LogP contribution < -0.4 is 5.73 Å². The lowest BCUT2D eigenvalue weighted by Gasteiger charge is -2.07. The maximum absolute atomic E-state index is 6.13. The van der Waals surface area contributed by atoms with Crippen LogP contribution >= 0.6 is 11.3 Å². The van der Waals surface area contributed by atoms with Crippen molar-refractivity contribution >= 4 is 11.3 Å². The average Bonchev–Trinajstić information content (AvgIpc) is 2.73. The van der Waals surface area contributed by atoms with Crippen molar-refractivity contribution in [1.29, 1.82) is 0 Å². The minimum absolute atomic E-state index is 0.0487. The van der Waals surface area contributed by atoms with Gasteiger partial charge in [0.15, 0.2) is 0 Å². The molecule has 74 valence electrons. The molecule has 0 aliphatic rings. The van der Waals surface area contributed by atoms with E-state index < -0.39 is 0 Å². The Labute approximate surface area is 87.4 Å². The zero-order valence-corrected chi connectivity index (χ0v) is 9.10. The minimum Gasteiger partial charge on any atom is -0.469 e. The van der Waals surface area contributed by atoms with Gasteiger partial charge in [-0.1, -0.05) is 0 Å². The van der Waals surface area contributed by atoms with Crippen molar-refractivity contribution in [2.75, 3.05) is 0 Å². The Morgan fingerprint density at radius 2 is 2.07 bits per heavy atom. The number of nitrogens with two attached hydrogens (primary N) is 1. The van der Waals surface area contributed by atoms with Gasteiger partial charge in [-0.15, -0.1) is 11.3 Å². The molecular weight excluding hydrogens is 194 g/mol. The van der Waals surface area contributed by atoms with Crippen LogP contribution in [0.15, 0.2) is 28.9 Å². The fourth-order valence-electron chi connectivity index (χ4n) is 1.49. The summed E-state index contributed by atoms with van der Waals surface area (Å²) in [6, 6.07) is 6.06. The van der Waals surface area contributed by atoms with Gasteiger partial charge in [0.2, 0.25) is 0 Å². The summed E-state index contributed by atoms with van der Waals surface area (Å²) in [6.45, 7) is 4.03. The van der Waals surface area contributed by atoms with Crippen molar-refractivity contribution in [3.8, 4) is 0 Å². The monoisotopic (exact) mass is 207 g/mol. The van der Waals surface area contributed by atoms with E-state index in [1.54, 1.807) is 17.6 Å². The third kappa shape index (κ3) is 1.61. The van der Waals surface area contributed by atoms with Crippen LogP contribution in [0, 0.1) is 13.8 Å². The molecule has 2 rings (SSSR count). The number of hydrogen-bond acceptors (Lipinski definition) is 3. The van der Waals surface area contributed by atoms with Crippen molar-refractivity contribution in [2.24, 2.45) is 5.73 Å². The predicted octanol–water partition coefficient (Wildman–Crippen LogP) is 3.01. The van der Waals surface area contributed by atoms with Crippen molar-refractivity contribution in [2.45, 2.75) is 19.9 Å². The van der Waals surface area contributed by atoms with Crippen LogP contribution in [0.25, 0.3) is 0 Å². The molecule has 2 heterocycles. The van der Waals surface area contributed by atoms with Gasteiger partial charge in [0.1, 0.15) is 5.76 Å². The highest BCUT2D eigenvalue weighted by Gasteiger charge is 2.14. The standard InChI is InChI=1S/C11H13NOS/c1-7-3-4-10(14-7)11(12)9-5-6-13-8(9)2/h3-6,11H,12H2,1-2H3. The molecule has 0 aromatic carbocycles. The Balaban J connectivity index is 2.33. The largest absolute Gasteiger partial charge is 0.469 e. The molecule has 0 aliphatic heterocycles. The lowest BCUT2D eigenvalue weighted by atomic mass is 10.1. The quantitative estimate of drug-likeness (QED) is 0.822. The molecule has 1 atom stereocenters. The third-order valence-electron chi connectivity index (χ3n) is 2.30. The summed E-state index contributed by atoms with van der Waals surface area (Å²) in [6.07, 6.45) is 1.69. The summed E-state index contributed by atoms with van der Waals surface area (Å²) in [5.41, 5.74) is 7.20. The molecule has 0 aliphatic carbocycles. The van der Waals surface area contributed by atoms with Gasteiger partial charge in [0, 0.05) is 15.3 Å². The van der Waals surface area contributed by atoms with Gasteiger partial charge < -0.3 is 10.2 Å². The van der Waals surface area contributed by atoms with E-state index in [4.69, 9.17) is 10.2 Å². The summed E-state index contributed by atoms with van der Waals surface area (Å²) in [7, 11) is 0. The summed E-state index contributed by atoms with van der Waals surface area (Å²) >= 11 is 1.74. The number of thiophene rings is 1. The van der Waals surface area contributed by atoms with E-state index in [1.807, 2.05) is 13.0 Å². The Kier molecular flexibility index (Phi) is 2.44. The Bertz CT molecular complexity index is 430. The number of hydrogen-bond donors (Lipinski definition) is 1. The first-order chi connectivity index (χ1) is 6.68. The molecule has 0 bridgehead atoms. The molecule has 0 saturated heterocycles. The second kappa shape index (κ2) is 3.59. The topological polar surface area (TPSA) is 39.2 Å². The van der Waals surface area contributed by atoms with Gasteiger partial charge >= 0.3 is 0 Å². The molecule has 2 aromatic rings. The van der Waals surface area contributed by atoms with Crippen LogP contribution in [0.4, 0.5) is 0 Å². The Hall–Kier alpha value is -1.06. The van der Waals surface area contributed by atoms with E-state index in [2.05, 4.69) is 19.1 Å². The van der Waals surface area contributed by atoms with E-state index in [0.29, 0.717) is 0 Å². The predicted molar refractivity (Wildman–Crippen MR) is 58.5 cm³/mol. The van der Waals surface area contributed by atoms with Crippen LogP contribution in [0.3, 0.4) is 0 Å². The molecule has 0 radical (unpaired) electrons. The normalized spacial score (nSPS) is 13.1. The van der Waals surface area contributed by atoms with Crippen molar-refractivity contribution < 1.29 is 4.42 Å². The van der Waals surface area contributed by atoms with E-state index in [-0.39, 0.29) is 6.04 Å². The molecule has 0 amide bonds. The molecule has 3 heteroatoms. The second-order valence-electron chi connectivity index (χ2n) is 3.36. The van der Waals surface area contributed by atoms with Gasteiger partial charge in [-0.3, -0.25) is 0 Å². The lowest BCUT2D eigenvalue weighted by molar-refractivity contribution is 0.528. The van der Waals surface area contributed by atoms with Crippen LogP contribution in [0.5, 0.6) is 0 Å². The summed E-state index contributed by atoms with van der Waals surface area (Å²) in [5.74, 6) is 0.906. The maximum Gasteiger partial charge on any atom is 0.105 e. The Morgan fingerprint density at radius 3 is 2.57 bits per heavy atom. The second-order valence-corrected chi connectivity index (χ2v) is 4.68. The van der Waals surface area contributed by atoms with Crippen molar-refractivity contribution in [1.82, 2.24) is 0 Å². The molecule has 0 saturated carbocycles. The molecule has 2 aromatic heterocycles. The van der Waals surface area contributed by atoms with Crippen LogP contribution in [0.1, 0.15) is 27.1 Å². The highest BCUT2D eigenvalue weighted by molar-refractivity contribution is 7.12. The molecule has 0 spiro atoms. The molecule has 0 fully saturated rings. The van der Waals surface area contributed by atoms with E-state index in [9.17, 15) is 0 Å². The fraction of sp³-hybridized carbons (Fsp3) is 0.273. The fourth-order valence-corrected chi connectivity index (χ4v) is 2.39. The highest BCUT2D eigenvalue weighted by Crippen LogP contribution is 2.28. The van der Waals surface area contributed by atoms with Crippen LogP contribution in [-0.4, -0.2) is 0 Å². The molecule has 2 N–H and O–H groups in total. The summed E-state index contributed by atoms with van der Waals surface area (Å²) in [4.78, 5) is 2.48. The molecule has 2 nitrogen and oxygen atoms in total. The number of furan rings is 1. The van der Waals surface area contributed by atoms with Crippen molar-refractivity contribution in [3.63, 3.8) is 0 Å². The molecule has 14 heavy (non-hydrogen) atoms. The zero-order valence-electron chi connectivity index (χ0n) is 8.28. The van der Waals surface area contributed by atoms with Gasteiger partial charge in [0.25, 0.3) is 0 Å². The van der Waals surface area contributed by atoms with Crippen molar-refractivity contribution in [3.05, 3.63) is 45.5 Å². The number of aryl methyl sites for hydroxylation is 2. The Morgan fingerprint density at radius 1 is 1.29 bits per heavy atom.